The van der Waals surface area contributed by atoms with Crippen molar-refractivity contribution in [1.29, 1.82) is 0 Å². The number of anilines is 1. The molecule has 2 aliphatic rings. The van der Waals surface area contributed by atoms with E-state index in [1.165, 1.54) is 19.2 Å². The number of nitrogens with one attached hydrogen (secondary N) is 1. The van der Waals surface area contributed by atoms with Crippen molar-refractivity contribution in [1.82, 2.24) is 0 Å². The second-order valence-electron chi connectivity index (χ2n) is 9.15. The van der Waals surface area contributed by atoms with Crippen molar-refractivity contribution < 1.29 is 36.2 Å². The van der Waals surface area contributed by atoms with Gasteiger partial charge in [-0.05, 0) is 55.7 Å². The molecule has 2 aromatic carbocycles. The van der Waals surface area contributed by atoms with Crippen LogP contribution in [0.25, 0.3) is 0 Å². The molecule has 0 radical (unpaired) electrons. The lowest BCUT2D eigenvalue weighted by molar-refractivity contribution is -0.423. The average molecular weight is 531 g/mol. The fraction of sp³-hybridized carbons (Fsp3) is 0.391. The lowest BCUT2D eigenvalue weighted by Gasteiger charge is -2.37. The van der Waals surface area contributed by atoms with E-state index in [9.17, 15) is 36.7 Å². The summed E-state index contributed by atoms with van der Waals surface area (Å²) in [4.78, 5) is 12.4. The molecule has 0 aromatic heterocycles. The van der Waals surface area contributed by atoms with Gasteiger partial charge in [-0.15, -0.1) is 0 Å². The number of fused-ring (bicyclic) bond motifs is 2. The van der Waals surface area contributed by atoms with Gasteiger partial charge in [0.15, 0.2) is 33.5 Å². The Morgan fingerprint density at radius 2 is 1.74 bits per heavy atom. The fourth-order valence-corrected chi connectivity index (χ4v) is 8.20. The van der Waals surface area contributed by atoms with E-state index in [-0.39, 0.29) is 34.0 Å². The number of amides is 1. The molecule has 2 aromatic rings. The molecule has 0 aliphatic heterocycles. The molecule has 0 spiro atoms. The number of nitrogens with zero attached hydrogens (tertiary/aromatic N) is 1. The van der Waals surface area contributed by atoms with Crippen molar-refractivity contribution in [3.8, 4) is 0 Å². The van der Waals surface area contributed by atoms with Gasteiger partial charge in [-0.25, -0.2) is 26.3 Å². The third kappa shape index (κ3) is 4.89. The van der Waals surface area contributed by atoms with E-state index in [1.54, 1.807) is 0 Å². The molecule has 2 fully saturated rings. The van der Waals surface area contributed by atoms with Gasteiger partial charge in [-0.1, -0.05) is 11.6 Å². The van der Waals surface area contributed by atoms with Gasteiger partial charge >= 0.3 is 0 Å². The van der Waals surface area contributed by atoms with Gasteiger partial charge < -0.3 is 15.6 Å². The monoisotopic (exact) mass is 530 g/mol. The first-order valence-corrected chi connectivity index (χ1v) is 12.7. The van der Waals surface area contributed by atoms with E-state index in [4.69, 9.17) is 11.6 Å². The highest BCUT2D eigenvalue weighted by atomic mass is 35.5. The molecular weight excluding hydrogens is 509 g/mol. The predicted molar refractivity (Wildman–Crippen MR) is 123 cm³/mol. The summed E-state index contributed by atoms with van der Waals surface area (Å²) in [7, 11) is -2.81. The fourth-order valence-electron chi connectivity index (χ4n) is 5.36. The zero-order valence-electron chi connectivity index (χ0n) is 18.5. The third-order valence-corrected chi connectivity index (χ3v) is 9.47. The van der Waals surface area contributed by atoms with Crippen LogP contribution in [0.3, 0.4) is 0 Å². The van der Waals surface area contributed by atoms with Crippen LogP contribution in [0.1, 0.15) is 36.0 Å². The highest BCUT2D eigenvalue weighted by molar-refractivity contribution is 7.92. The van der Waals surface area contributed by atoms with Crippen LogP contribution >= 0.6 is 11.6 Å². The molecule has 1 amide bonds. The van der Waals surface area contributed by atoms with Gasteiger partial charge in [0.05, 0.1) is 15.2 Å². The number of halogens is 4. The molecule has 4 atom stereocenters. The van der Waals surface area contributed by atoms with Crippen molar-refractivity contribution in [2.45, 2.75) is 41.4 Å². The Morgan fingerprint density at radius 3 is 2.29 bits per heavy atom. The Balaban J connectivity index is 1.62. The van der Waals surface area contributed by atoms with Gasteiger partial charge in [-0.3, -0.25) is 4.79 Å². The molecule has 2 saturated carbocycles. The Kier molecular flexibility index (Phi) is 6.62. The Morgan fingerprint density at radius 1 is 1.17 bits per heavy atom. The van der Waals surface area contributed by atoms with Crippen molar-refractivity contribution in [3.05, 3.63) is 63.6 Å². The number of hydroxylamine groups is 1. The summed E-state index contributed by atoms with van der Waals surface area (Å²) >= 11 is 6.21. The van der Waals surface area contributed by atoms with E-state index in [0.29, 0.717) is 29.7 Å². The minimum Gasteiger partial charge on any atom is -0.624 e. The first kappa shape index (κ1) is 25.5. The van der Waals surface area contributed by atoms with E-state index < -0.39 is 55.9 Å². The van der Waals surface area contributed by atoms with Crippen molar-refractivity contribution in [2.24, 2.45) is 11.8 Å². The highest BCUT2D eigenvalue weighted by Crippen LogP contribution is 2.51. The van der Waals surface area contributed by atoms with Crippen LogP contribution in [-0.2, 0) is 9.84 Å². The summed E-state index contributed by atoms with van der Waals surface area (Å²) in [5.41, 5.74) is -1.89. The van der Waals surface area contributed by atoms with E-state index in [1.807, 2.05) is 0 Å². The summed E-state index contributed by atoms with van der Waals surface area (Å²) in [5.74, 6) is -6.38. The lowest BCUT2D eigenvalue weighted by Crippen LogP contribution is -2.48. The number of carbonyl (C=O) groups excluding carboxylic acids is 1. The van der Waals surface area contributed by atoms with Crippen molar-refractivity contribution in [3.63, 3.8) is 0 Å². The minimum absolute atomic E-state index is 0.0967. The number of sulfone groups is 1. The summed E-state index contributed by atoms with van der Waals surface area (Å²) in [6, 6.07) is 4.76. The maximum absolute atomic E-state index is 13.6. The predicted octanol–water partition coefficient (Wildman–Crippen LogP) is 3.91. The molecule has 4 rings (SSSR count). The van der Waals surface area contributed by atoms with Crippen LogP contribution in [0.15, 0.2) is 35.2 Å². The molecular formula is C23H22ClF3N2O5S. The average Bonchev–Trinajstić information content (AvgIpc) is 3.04. The highest BCUT2D eigenvalue weighted by Gasteiger charge is 2.55. The van der Waals surface area contributed by atoms with Gasteiger partial charge in [-0.2, -0.15) is 0 Å². The smallest absolute Gasteiger partial charge is 0.255 e. The largest absolute Gasteiger partial charge is 0.624 e. The molecule has 3 unspecified atom stereocenters. The zero-order valence-corrected chi connectivity index (χ0v) is 20.0. The van der Waals surface area contributed by atoms with Gasteiger partial charge in [0.25, 0.3) is 5.91 Å². The normalized spacial score (nSPS) is 26.6. The summed E-state index contributed by atoms with van der Waals surface area (Å²) in [5, 5.41) is 23.5. The minimum atomic E-state index is -4.05. The first-order chi connectivity index (χ1) is 16.3. The molecule has 7 nitrogen and oxygen atoms in total. The quantitative estimate of drug-likeness (QED) is 0.200. The maximum atomic E-state index is 13.6. The Bertz CT molecular complexity index is 1290. The number of rotatable bonds is 5. The van der Waals surface area contributed by atoms with Crippen LogP contribution in [0.2, 0.25) is 5.02 Å². The second kappa shape index (κ2) is 9.11. The summed E-state index contributed by atoms with van der Waals surface area (Å²) in [6.45, 7) is 0. The molecule has 12 heteroatoms. The van der Waals surface area contributed by atoms with Crippen LogP contribution in [0.5, 0.6) is 0 Å². The van der Waals surface area contributed by atoms with Gasteiger partial charge in [0, 0.05) is 23.4 Å². The van der Waals surface area contributed by atoms with Crippen LogP contribution in [0.4, 0.5) is 18.9 Å². The summed E-state index contributed by atoms with van der Waals surface area (Å²) in [6.07, 6.45) is 2.44. The molecule has 0 saturated heterocycles. The van der Waals surface area contributed by atoms with Gasteiger partial charge in [0.1, 0.15) is 12.6 Å². The topological polar surface area (TPSA) is 110 Å². The molecule has 2 aliphatic carbocycles. The molecule has 188 valence electrons. The number of benzene rings is 2. The molecule has 2 bridgehead atoms. The Hall–Kier alpha value is -2.63. The van der Waals surface area contributed by atoms with Crippen LogP contribution in [-0.4, -0.2) is 48.3 Å². The number of carbonyl (C=O) groups is 1. The van der Waals surface area contributed by atoms with Crippen LogP contribution < -0.4 is 5.32 Å². The maximum Gasteiger partial charge on any atom is 0.255 e. The van der Waals surface area contributed by atoms with Crippen molar-refractivity contribution in [2.75, 3.05) is 12.4 Å². The lowest BCUT2D eigenvalue weighted by atomic mass is 9.78. The third-order valence-electron chi connectivity index (χ3n) is 6.59. The van der Waals surface area contributed by atoms with E-state index >= 15 is 0 Å². The van der Waals surface area contributed by atoms with E-state index in [0.717, 1.165) is 12.3 Å². The molecule has 0 heterocycles. The van der Waals surface area contributed by atoms with Crippen LogP contribution in [0, 0.1) is 34.5 Å². The molecule has 35 heavy (non-hydrogen) atoms. The number of hydrogen-bond donors (Lipinski definition) is 2. The SMILES string of the molecule is C/[N+]([O-])=C\C1(O)CC2CC[C@@H](C1)C2S(=O)(=O)c1cc(C(=O)Nc2cc(F)c(F)c(F)c2)ccc1Cl. The van der Waals surface area contributed by atoms with Crippen molar-refractivity contribution >= 4 is 39.2 Å². The number of hydrogen-bond acceptors (Lipinski definition) is 5. The van der Waals surface area contributed by atoms with Gasteiger partial charge in [0.2, 0.25) is 0 Å². The standard InChI is InChI=1S/C23H22ClF3N2O5S/c1-29(32)11-23(31)9-13-2-3-14(10-23)21(13)35(33,34)19-6-12(4-5-16(19)24)22(30)28-15-7-17(25)20(27)18(26)8-15/h4-8,11,13-14,21,31H,2-3,9-10H2,1H3,(H,28,30)/b29-11+/t13-,14?,21?,23?/m0/s1. The Labute approximate surface area is 204 Å². The zero-order chi connectivity index (χ0) is 25.7. The van der Waals surface area contributed by atoms with E-state index in [2.05, 4.69) is 5.32 Å². The second-order valence-corrected chi connectivity index (χ2v) is 11.6. The molecule has 2 N–H and O–H groups in total. The number of aliphatic hydroxyl groups is 1. The summed E-state index contributed by atoms with van der Waals surface area (Å²) < 4.78 is 67.9. The first-order valence-electron chi connectivity index (χ1n) is 10.8.